The number of ether oxygens (including phenoxy) is 1. The summed E-state index contributed by atoms with van der Waals surface area (Å²) in [6, 6.07) is 3.65. The number of fused-ring (bicyclic) bond motifs is 1. The molecule has 3 heterocycles. The normalized spacial score (nSPS) is 27.9. The molecule has 0 radical (unpaired) electrons. The average molecular weight is 233 g/mol. The van der Waals surface area contributed by atoms with Gasteiger partial charge in [0.15, 0.2) is 17.7 Å². The van der Waals surface area contributed by atoms with Gasteiger partial charge in [-0.15, -0.1) is 0 Å². The van der Waals surface area contributed by atoms with Crippen molar-refractivity contribution in [2.24, 2.45) is 5.92 Å². The van der Waals surface area contributed by atoms with Gasteiger partial charge in [0.05, 0.1) is 0 Å². The van der Waals surface area contributed by atoms with Gasteiger partial charge in [-0.05, 0) is 31.5 Å². The zero-order valence-corrected chi connectivity index (χ0v) is 9.48. The Morgan fingerprint density at radius 2 is 2.41 bits per heavy atom. The monoisotopic (exact) mass is 233 g/mol. The fourth-order valence-electron chi connectivity index (χ4n) is 2.41. The van der Waals surface area contributed by atoms with Gasteiger partial charge in [0.25, 0.3) is 5.91 Å². The fraction of sp³-hybridized carbons (Fsp3) is 0.500. The van der Waals surface area contributed by atoms with Crippen molar-refractivity contribution in [1.29, 1.82) is 0 Å². The second-order valence-corrected chi connectivity index (χ2v) is 4.48. The number of aromatic nitrogens is 1. The molecule has 17 heavy (non-hydrogen) atoms. The minimum absolute atomic E-state index is 0.0788. The van der Waals surface area contributed by atoms with Crippen molar-refractivity contribution < 1.29 is 9.53 Å². The Morgan fingerprint density at radius 1 is 1.47 bits per heavy atom. The maximum Gasteiger partial charge on any atom is 0.267 e. The predicted octanol–water partition coefficient (Wildman–Crippen LogP) is 0.781. The second-order valence-electron chi connectivity index (χ2n) is 4.48. The Morgan fingerprint density at radius 3 is 3.24 bits per heavy atom. The van der Waals surface area contributed by atoms with E-state index in [4.69, 9.17) is 4.74 Å². The van der Waals surface area contributed by atoms with Crippen LogP contribution in [0, 0.1) is 5.92 Å². The highest BCUT2D eigenvalue weighted by Crippen LogP contribution is 2.30. The highest BCUT2D eigenvalue weighted by atomic mass is 16.5. The Labute approximate surface area is 99.6 Å². The molecule has 1 saturated heterocycles. The molecule has 0 aromatic carbocycles. The summed E-state index contributed by atoms with van der Waals surface area (Å²) < 4.78 is 5.77. The Balaban J connectivity index is 1.81. The number of pyridine rings is 1. The number of nitrogens with one attached hydrogen (secondary N) is 2. The van der Waals surface area contributed by atoms with Gasteiger partial charge in [0.1, 0.15) is 0 Å². The Bertz CT molecular complexity index is 430. The van der Waals surface area contributed by atoms with E-state index in [2.05, 4.69) is 15.6 Å². The van der Waals surface area contributed by atoms with Gasteiger partial charge in [-0.3, -0.25) is 4.79 Å². The van der Waals surface area contributed by atoms with E-state index in [1.807, 2.05) is 12.1 Å². The van der Waals surface area contributed by atoms with E-state index in [9.17, 15) is 4.79 Å². The van der Waals surface area contributed by atoms with Crippen molar-refractivity contribution in [3.63, 3.8) is 0 Å². The average Bonchev–Trinajstić information content (AvgIpc) is 2.39. The summed E-state index contributed by atoms with van der Waals surface area (Å²) in [5, 5.41) is 6.11. The Kier molecular flexibility index (Phi) is 2.68. The first-order chi connectivity index (χ1) is 8.34. The summed E-state index contributed by atoms with van der Waals surface area (Å²) in [4.78, 5) is 16.0. The fourth-order valence-corrected chi connectivity index (χ4v) is 2.41. The molecule has 1 aromatic rings. The van der Waals surface area contributed by atoms with Crippen LogP contribution in [0.5, 0.6) is 5.75 Å². The van der Waals surface area contributed by atoms with Crippen LogP contribution < -0.4 is 15.4 Å². The highest BCUT2D eigenvalue weighted by molar-refractivity contribution is 5.96. The molecule has 2 unspecified atom stereocenters. The molecule has 0 bridgehead atoms. The van der Waals surface area contributed by atoms with Crippen LogP contribution in [-0.2, 0) is 4.79 Å². The Hall–Kier alpha value is -1.62. The van der Waals surface area contributed by atoms with Crippen LogP contribution in [0.4, 0.5) is 5.82 Å². The summed E-state index contributed by atoms with van der Waals surface area (Å²) in [6.07, 6.45) is 3.38. The summed E-state index contributed by atoms with van der Waals surface area (Å²) in [7, 11) is 0. The summed E-state index contributed by atoms with van der Waals surface area (Å²) in [5.41, 5.74) is 0. The van der Waals surface area contributed by atoms with Crippen molar-refractivity contribution in [1.82, 2.24) is 10.3 Å². The van der Waals surface area contributed by atoms with E-state index < -0.39 is 0 Å². The minimum atomic E-state index is -0.389. The molecule has 0 spiro atoms. The van der Waals surface area contributed by atoms with Crippen LogP contribution in [0.3, 0.4) is 0 Å². The van der Waals surface area contributed by atoms with Gasteiger partial charge in [0.2, 0.25) is 0 Å². The van der Waals surface area contributed by atoms with Crippen LogP contribution in [0.15, 0.2) is 18.3 Å². The molecular weight excluding hydrogens is 218 g/mol. The van der Waals surface area contributed by atoms with Crippen LogP contribution in [0.1, 0.15) is 12.8 Å². The van der Waals surface area contributed by atoms with Crippen LogP contribution in [-0.4, -0.2) is 30.1 Å². The maximum absolute atomic E-state index is 12.0. The quantitative estimate of drug-likeness (QED) is 0.752. The zero-order valence-electron chi connectivity index (χ0n) is 9.48. The lowest BCUT2D eigenvalue weighted by molar-refractivity contribution is -0.126. The second kappa shape index (κ2) is 4.33. The third-order valence-corrected chi connectivity index (χ3v) is 3.29. The first-order valence-corrected chi connectivity index (χ1v) is 5.98. The van der Waals surface area contributed by atoms with Gasteiger partial charge in [-0.25, -0.2) is 4.98 Å². The van der Waals surface area contributed by atoms with Crippen molar-refractivity contribution >= 4 is 11.7 Å². The molecule has 1 fully saturated rings. The van der Waals surface area contributed by atoms with E-state index in [0.717, 1.165) is 25.9 Å². The lowest BCUT2D eigenvalue weighted by atomic mass is 9.92. The smallest absolute Gasteiger partial charge is 0.267 e. The first kappa shape index (κ1) is 10.5. The molecule has 2 atom stereocenters. The number of hydrogen-bond donors (Lipinski definition) is 2. The largest absolute Gasteiger partial charge is 0.476 e. The molecule has 5 nitrogen and oxygen atoms in total. The number of carbonyl (C=O) groups is 1. The number of nitrogens with zero attached hydrogens (tertiary/aromatic N) is 1. The molecule has 90 valence electrons. The summed E-state index contributed by atoms with van der Waals surface area (Å²) >= 11 is 0. The lowest BCUT2D eigenvalue weighted by Gasteiger charge is -2.33. The number of piperidine rings is 1. The number of hydrogen-bond acceptors (Lipinski definition) is 4. The van der Waals surface area contributed by atoms with Crippen LogP contribution in [0.2, 0.25) is 0 Å². The number of rotatable bonds is 1. The maximum atomic E-state index is 12.0. The van der Waals surface area contributed by atoms with Crippen molar-refractivity contribution in [3.05, 3.63) is 18.3 Å². The zero-order chi connectivity index (χ0) is 11.7. The predicted molar refractivity (Wildman–Crippen MR) is 62.9 cm³/mol. The van der Waals surface area contributed by atoms with Crippen molar-refractivity contribution in [3.8, 4) is 5.75 Å². The van der Waals surface area contributed by atoms with Gasteiger partial charge >= 0.3 is 0 Å². The van der Waals surface area contributed by atoms with Gasteiger partial charge < -0.3 is 15.4 Å². The minimum Gasteiger partial charge on any atom is -0.476 e. The molecule has 2 N–H and O–H groups in total. The molecule has 2 aliphatic rings. The summed E-state index contributed by atoms with van der Waals surface area (Å²) in [6.45, 7) is 1.87. The lowest BCUT2D eigenvalue weighted by Crippen LogP contribution is -2.48. The molecule has 0 saturated carbocycles. The van der Waals surface area contributed by atoms with Gasteiger partial charge in [0, 0.05) is 18.7 Å². The van der Waals surface area contributed by atoms with Gasteiger partial charge in [-0.2, -0.15) is 0 Å². The molecule has 2 aliphatic heterocycles. The van der Waals surface area contributed by atoms with E-state index in [1.54, 1.807) is 6.20 Å². The molecule has 0 aliphatic carbocycles. The van der Waals surface area contributed by atoms with E-state index >= 15 is 0 Å². The SMILES string of the molecule is O=C1Nc2ncccc2OC1C1CCCNC1. The van der Waals surface area contributed by atoms with Gasteiger partial charge in [-0.1, -0.05) is 0 Å². The molecular formula is C12H15N3O2. The molecule has 1 amide bonds. The number of anilines is 1. The standard InChI is InChI=1S/C12H15N3O2/c16-12-10(8-3-1-5-13-7-8)17-9-4-2-6-14-11(9)15-12/h2,4,6,8,10,13H,1,3,5,7H2,(H,14,15,16). The molecule has 1 aromatic heterocycles. The topological polar surface area (TPSA) is 63.2 Å². The van der Waals surface area contributed by atoms with E-state index in [-0.39, 0.29) is 17.9 Å². The third-order valence-electron chi connectivity index (χ3n) is 3.29. The van der Waals surface area contributed by atoms with Crippen molar-refractivity contribution in [2.75, 3.05) is 18.4 Å². The van der Waals surface area contributed by atoms with Crippen LogP contribution >= 0.6 is 0 Å². The first-order valence-electron chi connectivity index (χ1n) is 5.98. The number of carbonyl (C=O) groups excluding carboxylic acids is 1. The molecule has 3 rings (SSSR count). The highest BCUT2D eigenvalue weighted by Gasteiger charge is 2.35. The van der Waals surface area contributed by atoms with Crippen LogP contribution in [0.25, 0.3) is 0 Å². The summed E-state index contributed by atoms with van der Waals surface area (Å²) in [5.74, 6) is 1.36. The molecule has 5 heteroatoms. The van der Waals surface area contributed by atoms with Crippen molar-refractivity contribution in [2.45, 2.75) is 18.9 Å². The van der Waals surface area contributed by atoms with E-state index in [1.165, 1.54) is 0 Å². The van der Waals surface area contributed by atoms with E-state index in [0.29, 0.717) is 11.6 Å². The number of amides is 1. The third kappa shape index (κ3) is 1.98.